The highest BCUT2D eigenvalue weighted by atomic mass is 35.5. The molecule has 1 aliphatic heterocycles. The number of aliphatic hydroxyl groups is 1. The van der Waals surface area contributed by atoms with Gasteiger partial charge in [-0.1, -0.05) is 54.9 Å². The number of methoxy groups -OCH3 is 1. The lowest BCUT2D eigenvalue weighted by Gasteiger charge is -2.44. The van der Waals surface area contributed by atoms with Crippen molar-refractivity contribution in [2.75, 3.05) is 33.4 Å². The number of amides is 1. The minimum atomic E-state index is -1.33. The van der Waals surface area contributed by atoms with Gasteiger partial charge in [-0.25, -0.2) is 0 Å². The van der Waals surface area contributed by atoms with Crippen molar-refractivity contribution in [3.8, 4) is 11.1 Å². The van der Waals surface area contributed by atoms with Crippen LogP contribution in [-0.2, 0) is 26.3 Å². The van der Waals surface area contributed by atoms with Crippen LogP contribution in [0.1, 0.15) is 56.6 Å². The van der Waals surface area contributed by atoms with Gasteiger partial charge in [-0.15, -0.1) is 0 Å². The third kappa shape index (κ3) is 6.37. The van der Waals surface area contributed by atoms with Crippen LogP contribution in [0.2, 0.25) is 5.02 Å². The zero-order chi connectivity index (χ0) is 26.4. The predicted molar refractivity (Wildman–Crippen MR) is 148 cm³/mol. The fraction of sp³-hybridized carbons (Fsp3) is 0.567. The SMILES string of the molecule is CCc1cccc(-c2c(Cl)cccc2[C@](O)(CCCCOC)[C@H]2CN(C(=O)C3CC[C@H](N)C3)CCO2)c1. The number of hydrogen-bond acceptors (Lipinski definition) is 5. The minimum Gasteiger partial charge on any atom is -0.385 e. The Morgan fingerprint density at radius 2 is 2.05 bits per heavy atom. The largest absolute Gasteiger partial charge is 0.385 e. The standard InChI is InChI=1S/C30H41ClN2O4/c1-3-21-8-6-9-22(18-21)28-25(10-7-11-26(28)31)30(35,14-4-5-16-36-2)27-20-33(15-17-37-27)29(34)23-12-13-24(32)19-23/h6-11,18,23-24,27,35H,3-5,12-17,19-20,32H2,1-2H3/t23?,24-,27+,30+/m0/s1. The summed E-state index contributed by atoms with van der Waals surface area (Å²) in [5.74, 6) is 0.0898. The molecule has 7 heteroatoms. The van der Waals surface area contributed by atoms with Gasteiger partial charge in [0, 0.05) is 42.8 Å². The molecule has 2 aromatic rings. The number of benzene rings is 2. The molecule has 4 atom stereocenters. The van der Waals surface area contributed by atoms with E-state index in [9.17, 15) is 9.90 Å². The van der Waals surface area contributed by atoms with E-state index in [0.717, 1.165) is 55.2 Å². The molecule has 202 valence electrons. The summed E-state index contributed by atoms with van der Waals surface area (Å²) in [6, 6.07) is 14.1. The number of unbranched alkanes of at least 4 members (excludes halogenated alkanes) is 1. The van der Waals surface area contributed by atoms with Crippen LogP contribution in [0.25, 0.3) is 11.1 Å². The Kier molecular flexibility index (Phi) is 9.65. The smallest absolute Gasteiger partial charge is 0.225 e. The maximum Gasteiger partial charge on any atom is 0.225 e. The zero-order valence-corrected chi connectivity index (χ0v) is 22.9. The molecule has 0 radical (unpaired) electrons. The topological polar surface area (TPSA) is 85.0 Å². The van der Waals surface area contributed by atoms with Crippen LogP contribution in [-0.4, -0.2) is 61.5 Å². The Bertz CT molecular complexity index is 1060. The molecule has 1 aliphatic carbocycles. The Hall–Kier alpha value is -1.96. The number of morpholine rings is 1. The molecule has 1 amide bonds. The summed E-state index contributed by atoms with van der Waals surface area (Å²) in [7, 11) is 1.69. The molecule has 1 saturated heterocycles. The molecule has 0 spiro atoms. The minimum absolute atomic E-state index is 0.0398. The maximum atomic E-state index is 13.4. The number of halogens is 1. The molecule has 4 rings (SSSR count). The molecular formula is C30H41ClN2O4. The summed E-state index contributed by atoms with van der Waals surface area (Å²) in [6.45, 7) is 4.00. The molecule has 3 N–H and O–H groups in total. The second-order valence-electron chi connectivity index (χ2n) is 10.5. The van der Waals surface area contributed by atoms with Crippen LogP contribution in [0, 0.1) is 5.92 Å². The first kappa shape index (κ1) is 28.1. The normalized spacial score (nSPS) is 23.7. The van der Waals surface area contributed by atoms with E-state index in [1.807, 2.05) is 35.2 Å². The Morgan fingerprint density at radius 3 is 2.78 bits per heavy atom. The Balaban J connectivity index is 1.70. The molecule has 1 unspecified atom stereocenters. The summed E-state index contributed by atoms with van der Waals surface area (Å²) >= 11 is 6.82. The summed E-state index contributed by atoms with van der Waals surface area (Å²) in [5, 5.41) is 13.1. The van der Waals surface area contributed by atoms with E-state index in [1.54, 1.807) is 7.11 Å². The fourth-order valence-corrected chi connectivity index (χ4v) is 6.16. The molecule has 2 aromatic carbocycles. The van der Waals surface area contributed by atoms with Gasteiger partial charge in [0.15, 0.2) is 0 Å². The van der Waals surface area contributed by atoms with Crippen LogP contribution in [0.4, 0.5) is 0 Å². The molecule has 37 heavy (non-hydrogen) atoms. The predicted octanol–water partition coefficient (Wildman–Crippen LogP) is 4.93. The van der Waals surface area contributed by atoms with E-state index in [2.05, 4.69) is 19.1 Å². The van der Waals surface area contributed by atoms with E-state index in [0.29, 0.717) is 37.7 Å². The molecule has 1 saturated carbocycles. The number of carbonyl (C=O) groups is 1. The molecule has 2 fully saturated rings. The van der Waals surface area contributed by atoms with Gasteiger partial charge in [0.2, 0.25) is 5.91 Å². The molecule has 0 aromatic heterocycles. The van der Waals surface area contributed by atoms with Crippen molar-refractivity contribution in [3.05, 3.63) is 58.6 Å². The lowest BCUT2D eigenvalue weighted by molar-refractivity contribution is -0.167. The van der Waals surface area contributed by atoms with Gasteiger partial charge >= 0.3 is 0 Å². The lowest BCUT2D eigenvalue weighted by Crippen LogP contribution is -2.55. The zero-order valence-electron chi connectivity index (χ0n) is 22.1. The Morgan fingerprint density at radius 1 is 1.24 bits per heavy atom. The third-order valence-electron chi connectivity index (χ3n) is 7.99. The number of ether oxygens (including phenoxy) is 2. The summed E-state index contributed by atoms with van der Waals surface area (Å²) in [4.78, 5) is 15.2. The number of hydrogen-bond donors (Lipinski definition) is 2. The quantitative estimate of drug-likeness (QED) is 0.427. The molecule has 1 heterocycles. The van der Waals surface area contributed by atoms with Crippen LogP contribution in [0.3, 0.4) is 0 Å². The highest BCUT2D eigenvalue weighted by molar-refractivity contribution is 6.33. The van der Waals surface area contributed by atoms with Gasteiger partial charge in [0.1, 0.15) is 11.7 Å². The first-order valence-electron chi connectivity index (χ1n) is 13.6. The highest BCUT2D eigenvalue weighted by Gasteiger charge is 2.45. The van der Waals surface area contributed by atoms with Crippen molar-refractivity contribution in [3.63, 3.8) is 0 Å². The number of carbonyl (C=O) groups excluding carboxylic acids is 1. The van der Waals surface area contributed by atoms with Gasteiger partial charge in [-0.3, -0.25) is 4.79 Å². The lowest BCUT2D eigenvalue weighted by atomic mass is 9.78. The van der Waals surface area contributed by atoms with E-state index in [1.165, 1.54) is 5.56 Å². The molecular weight excluding hydrogens is 488 g/mol. The fourth-order valence-electron chi connectivity index (χ4n) is 5.87. The van der Waals surface area contributed by atoms with Gasteiger partial charge in [0.25, 0.3) is 0 Å². The van der Waals surface area contributed by atoms with Crippen LogP contribution < -0.4 is 5.73 Å². The van der Waals surface area contributed by atoms with E-state index < -0.39 is 11.7 Å². The van der Waals surface area contributed by atoms with Gasteiger partial charge in [-0.2, -0.15) is 0 Å². The average molecular weight is 529 g/mol. The summed E-state index contributed by atoms with van der Waals surface area (Å²) in [6.07, 6.45) is 4.81. The van der Waals surface area contributed by atoms with Crippen molar-refractivity contribution >= 4 is 17.5 Å². The van der Waals surface area contributed by atoms with E-state index in [4.69, 9.17) is 26.8 Å². The Labute approximate surface area is 226 Å². The number of aryl methyl sites for hydroxylation is 1. The average Bonchev–Trinajstić information content (AvgIpc) is 3.36. The second-order valence-corrected chi connectivity index (χ2v) is 10.9. The summed E-state index contributed by atoms with van der Waals surface area (Å²) < 4.78 is 11.5. The van der Waals surface area contributed by atoms with Crippen LogP contribution >= 0.6 is 11.6 Å². The van der Waals surface area contributed by atoms with Crippen molar-refractivity contribution in [2.45, 2.75) is 69.6 Å². The van der Waals surface area contributed by atoms with Crippen LogP contribution in [0.5, 0.6) is 0 Å². The van der Waals surface area contributed by atoms with E-state index >= 15 is 0 Å². The van der Waals surface area contributed by atoms with Crippen molar-refractivity contribution in [1.82, 2.24) is 4.90 Å². The van der Waals surface area contributed by atoms with Gasteiger partial charge < -0.3 is 25.2 Å². The second kappa shape index (κ2) is 12.7. The molecule has 2 aliphatic rings. The first-order chi connectivity index (χ1) is 17.9. The number of nitrogens with zero attached hydrogens (tertiary/aromatic N) is 1. The number of rotatable bonds is 10. The first-order valence-corrected chi connectivity index (χ1v) is 14.0. The highest BCUT2D eigenvalue weighted by Crippen LogP contribution is 2.43. The van der Waals surface area contributed by atoms with Gasteiger partial charge in [0.05, 0.1) is 13.2 Å². The van der Waals surface area contributed by atoms with Gasteiger partial charge in [-0.05, 0) is 67.7 Å². The van der Waals surface area contributed by atoms with Crippen LogP contribution in [0.15, 0.2) is 42.5 Å². The van der Waals surface area contributed by atoms with Crippen molar-refractivity contribution in [1.29, 1.82) is 0 Å². The third-order valence-corrected chi connectivity index (χ3v) is 8.31. The molecule has 0 bridgehead atoms. The molecule has 6 nitrogen and oxygen atoms in total. The summed E-state index contributed by atoms with van der Waals surface area (Å²) in [5.41, 5.74) is 8.50. The number of nitrogens with two attached hydrogens (primary N) is 1. The monoisotopic (exact) mass is 528 g/mol. The van der Waals surface area contributed by atoms with Crippen molar-refractivity contribution in [2.24, 2.45) is 11.7 Å². The van der Waals surface area contributed by atoms with Crippen molar-refractivity contribution < 1.29 is 19.4 Å². The van der Waals surface area contributed by atoms with E-state index in [-0.39, 0.29) is 17.9 Å². The maximum absolute atomic E-state index is 13.4.